The minimum absolute atomic E-state index is 0.448. The van der Waals surface area contributed by atoms with Crippen LogP contribution in [0.2, 0.25) is 0 Å². The van der Waals surface area contributed by atoms with Gasteiger partial charge in [0.25, 0.3) is 0 Å². The zero-order valence-corrected chi connectivity index (χ0v) is 18.3. The Morgan fingerprint density at radius 1 is 1.17 bits per heavy atom. The number of benzene rings is 1. The van der Waals surface area contributed by atoms with Crippen LogP contribution in [-0.4, -0.2) is 89.5 Å². The van der Waals surface area contributed by atoms with Gasteiger partial charge in [-0.25, -0.2) is 0 Å². The summed E-state index contributed by atoms with van der Waals surface area (Å²) in [6, 6.07) is 6.17. The topological polar surface area (TPSA) is 58.6 Å². The summed E-state index contributed by atoms with van der Waals surface area (Å²) < 4.78 is 16.3. The normalized spacial score (nSPS) is 21.9. The van der Waals surface area contributed by atoms with E-state index < -0.39 is 0 Å². The van der Waals surface area contributed by atoms with Crippen molar-refractivity contribution in [1.82, 2.24) is 15.1 Å². The monoisotopic (exact) mass is 404 g/mol. The summed E-state index contributed by atoms with van der Waals surface area (Å²) in [6.45, 7) is 10.1. The van der Waals surface area contributed by atoms with Crippen molar-refractivity contribution in [2.24, 2.45) is 10.9 Å². The van der Waals surface area contributed by atoms with E-state index in [4.69, 9.17) is 14.2 Å². The maximum atomic E-state index is 5.44. The van der Waals surface area contributed by atoms with Gasteiger partial charge in [0.05, 0.1) is 27.4 Å². The average molecular weight is 405 g/mol. The number of hydrogen-bond donors (Lipinski definition) is 1. The molecule has 0 aliphatic carbocycles. The molecular weight excluding hydrogens is 368 g/mol. The van der Waals surface area contributed by atoms with E-state index in [1.54, 1.807) is 14.2 Å². The number of morpholine rings is 1. The Hall–Kier alpha value is -1.99. The highest BCUT2D eigenvalue weighted by molar-refractivity contribution is 5.80. The first-order valence-corrected chi connectivity index (χ1v) is 10.6. The largest absolute Gasteiger partial charge is 0.497 e. The van der Waals surface area contributed by atoms with E-state index in [-0.39, 0.29) is 0 Å². The van der Waals surface area contributed by atoms with Gasteiger partial charge in [-0.2, -0.15) is 0 Å². The Morgan fingerprint density at radius 3 is 2.48 bits per heavy atom. The summed E-state index contributed by atoms with van der Waals surface area (Å²) in [5.74, 6) is 3.69. The number of methoxy groups -OCH3 is 2. The number of nitrogens with zero attached hydrogens (tertiary/aromatic N) is 3. The van der Waals surface area contributed by atoms with Crippen molar-refractivity contribution in [2.45, 2.75) is 19.3 Å². The zero-order chi connectivity index (χ0) is 20.6. The highest BCUT2D eigenvalue weighted by Gasteiger charge is 2.27. The van der Waals surface area contributed by atoms with Crippen LogP contribution in [0.3, 0.4) is 0 Å². The number of hydrogen-bond acceptors (Lipinski definition) is 5. The molecule has 0 spiro atoms. The molecule has 3 rings (SSSR count). The second kappa shape index (κ2) is 10.7. The van der Waals surface area contributed by atoms with Crippen LogP contribution < -0.4 is 14.8 Å². The lowest BCUT2D eigenvalue weighted by Crippen LogP contribution is -2.44. The minimum Gasteiger partial charge on any atom is -0.497 e. The van der Waals surface area contributed by atoms with Gasteiger partial charge >= 0.3 is 0 Å². The number of rotatable bonds is 7. The van der Waals surface area contributed by atoms with Crippen molar-refractivity contribution in [3.05, 3.63) is 23.8 Å². The maximum absolute atomic E-state index is 5.44. The third-order valence-corrected chi connectivity index (χ3v) is 5.83. The Labute approximate surface area is 175 Å². The second-order valence-electron chi connectivity index (χ2n) is 8.02. The molecule has 2 aliphatic rings. The molecule has 0 aromatic heterocycles. The fourth-order valence-electron chi connectivity index (χ4n) is 4.18. The lowest BCUT2D eigenvalue weighted by molar-refractivity contribution is 0.0320. The van der Waals surface area contributed by atoms with Crippen LogP contribution in [0.15, 0.2) is 23.2 Å². The predicted molar refractivity (Wildman–Crippen MR) is 116 cm³/mol. The van der Waals surface area contributed by atoms with E-state index in [1.807, 2.05) is 13.1 Å². The molecule has 0 amide bonds. The van der Waals surface area contributed by atoms with Crippen LogP contribution in [0.4, 0.5) is 0 Å². The lowest BCUT2D eigenvalue weighted by Gasteiger charge is -2.30. The molecule has 1 aromatic carbocycles. The number of ether oxygens (including phenoxy) is 3. The Balaban J connectivity index is 1.52. The standard InChI is InChI=1S/C22H36N4O3/c1-17(15-25-7-9-29-10-8-25)14-24-22(23-2)26-6-5-18(16-26)19-11-20(27-3)13-21(12-19)28-4/h11-13,17-18H,5-10,14-16H2,1-4H3,(H,23,24). The molecule has 29 heavy (non-hydrogen) atoms. The number of nitrogens with one attached hydrogen (secondary N) is 1. The number of aliphatic imine (C=N–C) groups is 1. The summed E-state index contributed by atoms with van der Waals surface area (Å²) in [6.07, 6.45) is 1.10. The van der Waals surface area contributed by atoms with Gasteiger partial charge in [0.2, 0.25) is 0 Å². The summed E-state index contributed by atoms with van der Waals surface area (Å²) in [4.78, 5) is 9.38. The van der Waals surface area contributed by atoms with Gasteiger partial charge in [-0.05, 0) is 30.0 Å². The molecule has 2 atom stereocenters. The first kappa shape index (κ1) is 21.7. The zero-order valence-electron chi connectivity index (χ0n) is 18.3. The quantitative estimate of drug-likeness (QED) is 0.554. The molecular formula is C22H36N4O3. The van der Waals surface area contributed by atoms with Crippen LogP contribution in [0.5, 0.6) is 11.5 Å². The van der Waals surface area contributed by atoms with Gasteiger partial charge in [-0.15, -0.1) is 0 Å². The molecule has 2 heterocycles. The Kier molecular flexibility index (Phi) is 8.00. The van der Waals surface area contributed by atoms with Crippen LogP contribution >= 0.6 is 0 Å². The first-order chi connectivity index (χ1) is 14.1. The van der Waals surface area contributed by atoms with E-state index in [0.29, 0.717) is 11.8 Å². The summed E-state index contributed by atoms with van der Waals surface area (Å²) >= 11 is 0. The van der Waals surface area contributed by atoms with Crippen LogP contribution in [0, 0.1) is 5.92 Å². The van der Waals surface area contributed by atoms with Gasteiger partial charge in [-0.1, -0.05) is 6.92 Å². The van der Waals surface area contributed by atoms with Crippen molar-refractivity contribution in [3.63, 3.8) is 0 Å². The van der Waals surface area contributed by atoms with Gasteiger partial charge < -0.3 is 24.4 Å². The Morgan fingerprint density at radius 2 is 1.86 bits per heavy atom. The molecule has 7 heteroatoms. The van der Waals surface area contributed by atoms with Crippen molar-refractivity contribution in [1.29, 1.82) is 0 Å². The van der Waals surface area contributed by atoms with E-state index >= 15 is 0 Å². The van der Waals surface area contributed by atoms with E-state index in [0.717, 1.165) is 76.4 Å². The van der Waals surface area contributed by atoms with E-state index in [9.17, 15) is 0 Å². The summed E-state index contributed by atoms with van der Waals surface area (Å²) in [5, 5.41) is 3.59. The molecule has 7 nitrogen and oxygen atoms in total. The van der Waals surface area contributed by atoms with Crippen LogP contribution in [-0.2, 0) is 4.74 Å². The molecule has 0 saturated carbocycles. The van der Waals surface area contributed by atoms with Crippen LogP contribution in [0.1, 0.15) is 24.8 Å². The SMILES string of the molecule is CN=C(NCC(C)CN1CCOCC1)N1CCC(c2cc(OC)cc(OC)c2)C1. The second-order valence-corrected chi connectivity index (χ2v) is 8.02. The average Bonchev–Trinajstić information content (AvgIpc) is 3.24. The molecule has 1 aromatic rings. The van der Waals surface area contributed by atoms with Crippen LogP contribution in [0.25, 0.3) is 0 Å². The molecule has 162 valence electrons. The number of guanidine groups is 1. The summed E-state index contributed by atoms with van der Waals surface area (Å²) in [7, 11) is 5.27. The van der Waals surface area contributed by atoms with Gasteiger partial charge in [0, 0.05) is 58.3 Å². The van der Waals surface area contributed by atoms with E-state index in [2.05, 4.69) is 39.2 Å². The Bertz CT molecular complexity index is 654. The highest BCUT2D eigenvalue weighted by Crippen LogP contribution is 2.32. The fourth-order valence-corrected chi connectivity index (χ4v) is 4.18. The predicted octanol–water partition coefficient (Wildman–Crippen LogP) is 2.04. The lowest BCUT2D eigenvalue weighted by atomic mass is 9.98. The smallest absolute Gasteiger partial charge is 0.193 e. The number of likely N-dealkylation sites (tertiary alicyclic amines) is 1. The highest BCUT2D eigenvalue weighted by atomic mass is 16.5. The molecule has 2 saturated heterocycles. The van der Waals surface area contributed by atoms with Crippen molar-refractivity contribution >= 4 is 5.96 Å². The first-order valence-electron chi connectivity index (χ1n) is 10.6. The molecule has 0 bridgehead atoms. The third-order valence-electron chi connectivity index (χ3n) is 5.83. The van der Waals surface area contributed by atoms with Crippen molar-refractivity contribution < 1.29 is 14.2 Å². The minimum atomic E-state index is 0.448. The molecule has 2 unspecified atom stereocenters. The van der Waals surface area contributed by atoms with Gasteiger partial charge in [0.15, 0.2) is 5.96 Å². The van der Waals surface area contributed by atoms with Crippen molar-refractivity contribution in [2.75, 3.05) is 73.7 Å². The fraction of sp³-hybridized carbons (Fsp3) is 0.682. The molecule has 0 radical (unpaired) electrons. The molecule has 2 aliphatic heterocycles. The summed E-state index contributed by atoms with van der Waals surface area (Å²) in [5.41, 5.74) is 1.26. The molecule has 2 fully saturated rings. The van der Waals surface area contributed by atoms with Gasteiger partial charge in [-0.3, -0.25) is 9.89 Å². The van der Waals surface area contributed by atoms with Crippen molar-refractivity contribution in [3.8, 4) is 11.5 Å². The third kappa shape index (κ3) is 6.00. The maximum Gasteiger partial charge on any atom is 0.193 e. The molecule has 1 N–H and O–H groups in total. The van der Waals surface area contributed by atoms with E-state index in [1.165, 1.54) is 5.56 Å². The van der Waals surface area contributed by atoms with Gasteiger partial charge in [0.1, 0.15) is 11.5 Å².